The lowest BCUT2D eigenvalue weighted by molar-refractivity contribution is -0.159. The quantitative estimate of drug-likeness (QED) is 0.445. The zero-order valence-corrected chi connectivity index (χ0v) is 10.6. The molecule has 0 radical (unpaired) electrons. The Morgan fingerprint density at radius 1 is 1.32 bits per heavy atom. The number of hydrogen-bond donors (Lipinski definition) is 2. The summed E-state index contributed by atoms with van der Waals surface area (Å²) < 4.78 is 5.18. The Kier molecular flexibility index (Phi) is 4.63. The normalized spacial score (nSPS) is 25.3. The summed E-state index contributed by atoms with van der Waals surface area (Å²) in [7, 11) is 0. The van der Waals surface area contributed by atoms with Crippen molar-refractivity contribution in [3.63, 3.8) is 0 Å². The Morgan fingerprint density at radius 3 is 2.53 bits per heavy atom. The van der Waals surface area contributed by atoms with Gasteiger partial charge in [0, 0.05) is 19.9 Å². The molecule has 2 atom stereocenters. The summed E-state index contributed by atoms with van der Waals surface area (Å²) in [4.78, 5) is 33.1. The smallest absolute Gasteiger partial charge is 0.328 e. The fourth-order valence-electron chi connectivity index (χ4n) is 1.80. The largest absolute Gasteiger partial charge is 0.478 e. The second-order valence-corrected chi connectivity index (χ2v) is 4.04. The van der Waals surface area contributed by atoms with E-state index in [-0.39, 0.29) is 0 Å². The number of ether oxygens (including phenoxy) is 1. The maximum absolute atomic E-state index is 11.3. The molecule has 0 aromatic heterocycles. The van der Waals surface area contributed by atoms with Crippen LogP contribution in [0.3, 0.4) is 0 Å². The standard InChI is InChI=1S/C13H15NO5/c1-9(15)14-13(19-10(2)16)8-4-3-5-11(13)6-7-12(17)18/h3-8,11H,1-2H3,(H,14,15)(H,17,18). The molecule has 102 valence electrons. The number of carboxylic acids is 1. The van der Waals surface area contributed by atoms with Gasteiger partial charge >= 0.3 is 11.9 Å². The van der Waals surface area contributed by atoms with Gasteiger partial charge < -0.3 is 15.2 Å². The molecule has 6 nitrogen and oxygen atoms in total. The first-order chi connectivity index (χ1) is 8.85. The Balaban J connectivity index is 3.11. The molecule has 2 unspecified atom stereocenters. The van der Waals surface area contributed by atoms with Crippen LogP contribution in [-0.4, -0.2) is 28.7 Å². The van der Waals surface area contributed by atoms with E-state index in [0.29, 0.717) is 0 Å². The third-order valence-corrected chi connectivity index (χ3v) is 2.40. The van der Waals surface area contributed by atoms with Gasteiger partial charge in [0.05, 0.1) is 5.92 Å². The predicted octanol–water partition coefficient (Wildman–Crippen LogP) is 0.765. The first-order valence-corrected chi connectivity index (χ1v) is 5.61. The fourth-order valence-corrected chi connectivity index (χ4v) is 1.80. The minimum Gasteiger partial charge on any atom is -0.478 e. The average Bonchev–Trinajstić information content (AvgIpc) is 2.25. The van der Waals surface area contributed by atoms with E-state index in [4.69, 9.17) is 9.84 Å². The summed E-state index contributed by atoms with van der Waals surface area (Å²) in [6.45, 7) is 2.50. The second-order valence-electron chi connectivity index (χ2n) is 4.04. The van der Waals surface area contributed by atoms with Crippen LogP contribution in [0.4, 0.5) is 0 Å². The molecule has 1 amide bonds. The molecule has 0 saturated heterocycles. The highest BCUT2D eigenvalue weighted by molar-refractivity contribution is 5.80. The molecule has 2 N–H and O–H groups in total. The molecular weight excluding hydrogens is 250 g/mol. The molecule has 19 heavy (non-hydrogen) atoms. The molecule has 0 spiro atoms. The lowest BCUT2D eigenvalue weighted by Crippen LogP contribution is -2.54. The van der Waals surface area contributed by atoms with Gasteiger partial charge in [-0.3, -0.25) is 9.59 Å². The monoisotopic (exact) mass is 265 g/mol. The number of nitrogens with one attached hydrogen (secondary N) is 1. The van der Waals surface area contributed by atoms with Gasteiger partial charge in [-0.1, -0.05) is 24.3 Å². The van der Waals surface area contributed by atoms with Crippen molar-refractivity contribution >= 4 is 17.8 Å². The van der Waals surface area contributed by atoms with E-state index in [1.807, 2.05) is 0 Å². The van der Waals surface area contributed by atoms with Gasteiger partial charge in [0.1, 0.15) is 0 Å². The molecule has 1 aliphatic rings. The van der Waals surface area contributed by atoms with Crippen LogP contribution >= 0.6 is 0 Å². The summed E-state index contributed by atoms with van der Waals surface area (Å²) in [5.74, 6) is -2.69. The number of rotatable bonds is 4. The number of carbonyl (C=O) groups excluding carboxylic acids is 2. The lowest BCUT2D eigenvalue weighted by Gasteiger charge is -2.36. The minimum atomic E-state index is -1.39. The van der Waals surface area contributed by atoms with Crippen LogP contribution in [0.1, 0.15) is 13.8 Å². The van der Waals surface area contributed by atoms with Crippen molar-refractivity contribution in [1.29, 1.82) is 0 Å². The van der Waals surface area contributed by atoms with Crippen molar-refractivity contribution in [3.05, 3.63) is 36.5 Å². The summed E-state index contributed by atoms with van der Waals surface area (Å²) >= 11 is 0. The molecule has 6 heteroatoms. The summed E-state index contributed by atoms with van der Waals surface area (Å²) in [5.41, 5.74) is -1.39. The summed E-state index contributed by atoms with van der Waals surface area (Å²) in [6, 6.07) is 0. The van der Waals surface area contributed by atoms with Gasteiger partial charge in [-0.2, -0.15) is 0 Å². The number of hydrogen-bond acceptors (Lipinski definition) is 4. The highest BCUT2D eigenvalue weighted by atomic mass is 16.6. The third kappa shape index (κ3) is 4.09. The Bertz CT molecular complexity index is 459. The van der Waals surface area contributed by atoms with Gasteiger partial charge in [0.15, 0.2) is 0 Å². The number of allylic oxidation sites excluding steroid dienone is 2. The maximum atomic E-state index is 11.3. The first kappa shape index (κ1) is 14.7. The number of amides is 1. The van der Waals surface area contributed by atoms with Crippen LogP contribution < -0.4 is 5.32 Å². The van der Waals surface area contributed by atoms with Crippen molar-refractivity contribution in [3.8, 4) is 0 Å². The van der Waals surface area contributed by atoms with Gasteiger partial charge in [0.25, 0.3) is 0 Å². The zero-order chi connectivity index (χ0) is 14.5. The highest BCUT2D eigenvalue weighted by Crippen LogP contribution is 2.27. The lowest BCUT2D eigenvalue weighted by atomic mass is 9.90. The van der Waals surface area contributed by atoms with E-state index in [1.54, 1.807) is 18.2 Å². The van der Waals surface area contributed by atoms with E-state index in [2.05, 4.69) is 5.32 Å². The molecular formula is C13H15NO5. The van der Waals surface area contributed by atoms with Crippen molar-refractivity contribution < 1.29 is 24.2 Å². The average molecular weight is 265 g/mol. The number of carbonyl (C=O) groups is 3. The summed E-state index contributed by atoms with van der Waals surface area (Å²) in [5, 5.41) is 11.2. The van der Waals surface area contributed by atoms with Crippen LogP contribution in [-0.2, 0) is 19.1 Å². The van der Waals surface area contributed by atoms with Crippen LogP contribution in [0.5, 0.6) is 0 Å². The second kappa shape index (κ2) is 5.99. The van der Waals surface area contributed by atoms with E-state index < -0.39 is 29.5 Å². The zero-order valence-electron chi connectivity index (χ0n) is 10.6. The fraction of sp³-hybridized carbons (Fsp3) is 0.308. The molecule has 0 aliphatic heterocycles. The molecule has 0 aromatic rings. The Labute approximate surface area is 110 Å². The van der Waals surface area contributed by atoms with Crippen LogP contribution in [0, 0.1) is 5.92 Å². The van der Waals surface area contributed by atoms with Crippen LogP contribution in [0.15, 0.2) is 36.5 Å². The van der Waals surface area contributed by atoms with Crippen molar-refractivity contribution in [2.75, 3.05) is 0 Å². The van der Waals surface area contributed by atoms with E-state index in [9.17, 15) is 14.4 Å². The number of esters is 1. The molecule has 0 saturated carbocycles. The minimum absolute atomic E-state index is 0.394. The molecule has 1 aliphatic carbocycles. The van der Waals surface area contributed by atoms with E-state index >= 15 is 0 Å². The predicted molar refractivity (Wildman–Crippen MR) is 66.9 cm³/mol. The summed E-state index contributed by atoms with van der Waals surface area (Å²) in [6.07, 6.45) is 8.73. The molecule has 1 rings (SSSR count). The van der Waals surface area contributed by atoms with Crippen LogP contribution in [0.25, 0.3) is 0 Å². The van der Waals surface area contributed by atoms with Crippen molar-refractivity contribution in [2.45, 2.75) is 19.6 Å². The molecule has 0 fully saturated rings. The van der Waals surface area contributed by atoms with E-state index in [1.165, 1.54) is 26.0 Å². The van der Waals surface area contributed by atoms with Gasteiger partial charge in [-0.25, -0.2) is 4.79 Å². The highest BCUT2D eigenvalue weighted by Gasteiger charge is 2.39. The Hall–Kier alpha value is -2.37. The first-order valence-electron chi connectivity index (χ1n) is 5.61. The number of aliphatic carboxylic acids is 1. The molecule has 0 bridgehead atoms. The maximum Gasteiger partial charge on any atom is 0.328 e. The van der Waals surface area contributed by atoms with Crippen LogP contribution in [0.2, 0.25) is 0 Å². The topological polar surface area (TPSA) is 92.7 Å². The van der Waals surface area contributed by atoms with Gasteiger partial charge in [-0.05, 0) is 6.08 Å². The van der Waals surface area contributed by atoms with Gasteiger partial charge in [0.2, 0.25) is 11.6 Å². The molecule has 0 aromatic carbocycles. The van der Waals surface area contributed by atoms with Crippen molar-refractivity contribution in [2.24, 2.45) is 5.92 Å². The SMILES string of the molecule is CC(=O)NC1(OC(C)=O)C=CC=CC1C=CC(=O)O. The third-order valence-electron chi connectivity index (χ3n) is 2.40. The number of carboxylic acid groups (broad SMARTS) is 1. The van der Waals surface area contributed by atoms with E-state index in [0.717, 1.165) is 6.08 Å². The van der Waals surface area contributed by atoms with Gasteiger partial charge in [-0.15, -0.1) is 0 Å². The Morgan fingerprint density at radius 2 is 2.00 bits per heavy atom. The molecule has 0 heterocycles. The van der Waals surface area contributed by atoms with Crippen molar-refractivity contribution in [1.82, 2.24) is 5.32 Å².